The predicted octanol–water partition coefficient (Wildman–Crippen LogP) is 4.76. The maximum Gasteiger partial charge on any atom is 0.336 e. The van der Waals surface area contributed by atoms with Crippen LogP contribution in [0.5, 0.6) is 5.75 Å². The van der Waals surface area contributed by atoms with Gasteiger partial charge in [-0.25, -0.2) is 4.79 Å². The second-order valence-electron chi connectivity index (χ2n) is 6.34. The number of fused-ring (bicyclic) bond motifs is 1. The van der Waals surface area contributed by atoms with Gasteiger partial charge >= 0.3 is 5.63 Å². The maximum absolute atomic E-state index is 12.0. The van der Waals surface area contributed by atoms with E-state index in [0.29, 0.717) is 28.2 Å². The van der Waals surface area contributed by atoms with E-state index in [-0.39, 0.29) is 5.63 Å². The lowest BCUT2D eigenvalue weighted by Gasteiger charge is -2.08. The molecule has 0 saturated heterocycles. The Morgan fingerprint density at radius 3 is 2.71 bits per heavy atom. The Bertz CT molecular complexity index is 1210. The number of aryl methyl sites for hydroxylation is 2. The summed E-state index contributed by atoms with van der Waals surface area (Å²) in [4.78, 5) is 12.0. The van der Waals surface area contributed by atoms with Gasteiger partial charge in [0.05, 0.1) is 12.7 Å². The van der Waals surface area contributed by atoms with E-state index in [9.17, 15) is 4.79 Å². The number of methoxy groups -OCH3 is 1. The molecule has 28 heavy (non-hydrogen) atoms. The van der Waals surface area contributed by atoms with E-state index in [2.05, 4.69) is 10.2 Å². The number of ether oxygens (including phenoxy) is 1. The third-order valence-electron chi connectivity index (χ3n) is 4.61. The molecule has 0 atom stereocenters. The second kappa shape index (κ2) is 7.52. The molecule has 0 fully saturated rings. The van der Waals surface area contributed by atoms with E-state index < -0.39 is 0 Å². The zero-order valence-electron chi connectivity index (χ0n) is 15.7. The van der Waals surface area contributed by atoms with Gasteiger partial charge < -0.3 is 13.6 Å². The van der Waals surface area contributed by atoms with Crippen molar-refractivity contribution in [2.75, 3.05) is 7.11 Å². The van der Waals surface area contributed by atoms with Crippen molar-refractivity contribution in [3.05, 3.63) is 69.6 Å². The summed E-state index contributed by atoms with van der Waals surface area (Å²) in [6.07, 6.45) is 0. The van der Waals surface area contributed by atoms with E-state index in [1.807, 2.05) is 50.2 Å². The number of para-hydroxylation sites is 1. The van der Waals surface area contributed by atoms with Crippen molar-refractivity contribution in [1.82, 2.24) is 10.2 Å². The van der Waals surface area contributed by atoms with Gasteiger partial charge in [-0.3, -0.25) is 0 Å². The SMILES string of the molecule is COc1ccccc1-c1nnc(SCc2cc(=O)oc3c(C)c(C)ccc23)o1. The van der Waals surface area contributed by atoms with Gasteiger partial charge in [-0.2, -0.15) is 0 Å². The van der Waals surface area contributed by atoms with Crippen molar-refractivity contribution in [3.63, 3.8) is 0 Å². The average molecular weight is 394 g/mol. The molecule has 0 saturated carbocycles. The standard InChI is InChI=1S/C21H18N2O4S/c1-12-8-9-15-14(10-18(24)26-19(15)13(12)2)11-28-21-23-22-20(27-21)16-6-4-5-7-17(16)25-3/h4-10H,11H2,1-3H3. The predicted molar refractivity (Wildman–Crippen MR) is 108 cm³/mol. The largest absolute Gasteiger partial charge is 0.496 e. The number of aromatic nitrogens is 2. The van der Waals surface area contributed by atoms with Gasteiger partial charge in [-0.1, -0.05) is 36.0 Å². The van der Waals surface area contributed by atoms with Crippen LogP contribution in [0.4, 0.5) is 0 Å². The molecule has 2 aromatic carbocycles. The van der Waals surface area contributed by atoms with Gasteiger partial charge in [0, 0.05) is 17.2 Å². The fraction of sp³-hybridized carbons (Fsp3) is 0.190. The molecule has 0 aliphatic heterocycles. The maximum atomic E-state index is 12.0. The smallest absolute Gasteiger partial charge is 0.336 e. The molecule has 0 aliphatic rings. The highest BCUT2D eigenvalue weighted by Crippen LogP contribution is 2.32. The van der Waals surface area contributed by atoms with Gasteiger partial charge in [-0.15, -0.1) is 10.2 Å². The van der Waals surface area contributed by atoms with Crippen molar-refractivity contribution in [2.45, 2.75) is 24.8 Å². The minimum absolute atomic E-state index is 0.364. The van der Waals surface area contributed by atoms with Crippen molar-refractivity contribution in [1.29, 1.82) is 0 Å². The van der Waals surface area contributed by atoms with Crippen LogP contribution < -0.4 is 10.4 Å². The normalized spacial score (nSPS) is 11.1. The van der Waals surface area contributed by atoms with E-state index >= 15 is 0 Å². The van der Waals surface area contributed by atoms with Crippen molar-refractivity contribution < 1.29 is 13.6 Å². The number of hydrogen-bond acceptors (Lipinski definition) is 7. The summed E-state index contributed by atoms with van der Waals surface area (Å²) in [7, 11) is 1.60. The van der Waals surface area contributed by atoms with E-state index in [0.717, 1.165) is 27.6 Å². The first-order valence-corrected chi connectivity index (χ1v) is 9.68. The van der Waals surface area contributed by atoms with Gasteiger partial charge in [-0.05, 0) is 42.7 Å². The Morgan fingerprint density at radius 1 is 1.07 bits per heavy atom. The Morgan fingerprint density at radius 2 is 1.89 bits per heavy atom. The lowest BCUT2D eigenvalue weighted by molar-refractivity contribution is 0.411. The molecule has 4 aromatic rings. The summed E-state index contributed by atoms with van der Waals surface area (Å²) in [5.41, 5.74) is 3.93. The highest BCUT2D eigenvalue weighted by atomic mass is 32.2. The summed E-state index contributed by atoms with van der Waals surface area (Å²) in [6, 6.07) is 13.0. The molecule has 0 bridgehead atoms. The quantitative estimate of drug-likeness (QED) is 0.357. The highest BCUT2D eigenvalue weighted by Gasteiger charge is 2.15. The van der Waals surface area contributed by atoms with Crippen LogP contribution in [0.3, 0.4) is 0 Å². The second-order valence-corrected chi connectivity index (χ2v) is 7.26. The molecule has 0 radical (unpaired) electrons. The molecule has 0 N–H and O–H groups in total. The zero-order chi connectivity index (χ0) is 19.7. The van der Waals surface area contributed by atoms with E-state index in [4.69, 9.17) is 13.6 Å². The van der Waals surface area contributed by atoms with Crippen LogP contribution in [-0.2, 0) is 5.75 Å². The fourth-order valence-corrected chi connectivity index (χ4v) is 3.74. The van der Waals surface area contributed by atoms with E-state index in [1.54, 1.807) is 7.11 Å². The van der Waals surface area contributed by atoms with Gasteiger partial charge in [0.1, 0.15) is 11.3 Å². The number of thioether (sulfide) groups is 1. The lowest BCUT2D eigenvalue weighted by Crippen LogP contribution is -2.01. The first-order valence-electron chi connectivity index (χ1n) is 8.69. The first kappa shape index (κ1) is 18.3. The minimum Gasteiger partial charge on any atom is -0.496 e. The van der Waals surface area contributed by atoms with Crippen LogP contribution in [-0.4, -0.2) is 17.3 Å². The number of rotatable bonds is 5. The molecule has 0 unspecified atom stereocenters. The molecule has 4 rings (SSSR count). The molecular formula is C21H18N2O4S. The minimum atomic E-state index is -0.364. The lowest BCUT2D eigenvalue weighted by atomic mass is 10.0. The Balaban J connectivity index is 1.62. The molecule has 142 valence electrons. The van der Waals surface area contributed by atoms with Crippen molar-refractivity contribution in [2.24, 2.45) is 0 Å². The van der Waals surface area contributed by atoms with Crippen molar-refractivity contribution >= 4 is 22.7 Å². The van der Waals surface area contributed by atoms with Crippen molar-refractivity contribution in [3.8, 4) is 17.2 Å². The average Bonchev–Trinajstić information content (AvgIpc) is 3.18. The topological polar surface area (TPSA) is 78.4 Å². The van der Waals surface area contributed by atoms with Gasteiger partial charge in [0.25, 0.3) is 11.1 Å². The number of benzene rings is 2. The van der Waals surface area contributed by atoms with Crippen LogP contribution in [0, 0.1) is 13.8 Å². The summed E-state index contributed by atoms with van der Waals surface area (Å²) < 4.78 is 16.5. The zero-order valence-corrected chi connectivity index (χ0v) is 16.5. The molecule has 0 spiro atoms. The monoisotopic (exact) mass is 394 g/mol. The Hall–Kier alpha value is -3.06. The molecule has 2 heterocycles. The number of hydrogen-bond donors (Lipinski definition) is 0. The number of nitrogens with zero attached hydrogens (tertiary/aromatic N) is 2. The van der Waals surface area contributed by atoms with Crippen LogP contribution in [0.25, 0.3) is 22.4 Å². The molecule has 2 aromatic heterocycles. The first-order chi connectivity index (χ1) is 13.6. The van der Waals surface area contributed by atoms with Crippen LogP contribution >= 0.6 is 11.8 Å². The fourth-order valence-electron chi connectivity index (χ4n) is 2.98. The highest BCUT2D eigenvalue weighted by molar-refractivity contribution is 7.98. The molecule has 0 amide bonds. The molecule has 6 nitrogen and oxygen atoms in total. The van der Waals surface area contributed by atoms with Gasteiger partial charge in [0.2, 0.25) is 0 Å². The van der Waals surface area contributed by atoms with Crippen LogP contribution in [0.15, 0.2) is 61.3 Å². The Kier molecular flexibility index (Phi) is 4.92. The summed E-state index contributed by atoms with van der Waals surface area (Å²) in [5, 5.41) is 9.56. The van der Waals surface area contributed by atoms with E-state index in [1.165, 1.54) is 17.8 Å². The summed E-state index contributed by atoms with van der Waals surface area (Å²) in [6.45, 7) is 3.95. The third-order valence-corrected chi connectivity index (χ3v) is 5.48. The van der Waals surface area contributed by atoms with Crippen LogP contribution in [0.1, 0.15) is 16.7 Å². The Labute approximate surface area is 165 Å². The summed E-state index contributed by atoms with van der Waals surface area (Å²) >= 11 is 1.37. The molecule has 0 aliphatic carbocycles. The van der Waals surface area contributed by atoms with Crippen LogP contribution in [0.2, 0.25) is 0 Å². The molecule has 7 heteroatoms. The third kappa shape index (κ3) is 3.41. The molecular weight excluding hydrogens is 376 g/mol. The summed E-state index contributed by atoms with van der Waals surface area (Å²) in [5.74, 6) is 1.57. The van der Waals surface area contributed by atoms with Gasteiger partial charge in [0.15, 0.2) is 0 Å².